The van der Waals surface area contributed by atoms with Crippen molar-refractivity contribution in [2.24, 2.45) is 0 Å². The Bertz CT molecular complexity index is 420. The summed E-state index contributed by atoms with van der Waals surface area (Å²) in [5, 5.41) is 12.3. The highest BCUT2D eigenvalue weighted by molar-refractivity contribution is 5.57. The molecule has 0 unspecified atom stereocenters. The molecule has 0 aromatic carbocycles. The zero-order valence-corrected chi connectivity index (χ0v) is 11.0. The first-order valence-electron chi connectivity index (χ1n) is 5.84. The fourth-order valence-electron chi connectivity index (χ4n) is 1.83. The van der Waals surface area contributed by atoms with Crippen molar-refractivity contribution >= 4 is 5.82 Å². The molecule has 0 radical (unpaired) electrons. The molecule has 1 aromatic heterocycles. The van der Waals surface area contributed by atoms with E-state index in [2.05, 4.69) is 21.3 Å². The van der Waals surface area contributed by atoms with Crippen LogP contribution in [0.2, 0.25) is 0 Å². The maximum absolute atomic E-state index is 9.18. The molecule has 0 saturated heterocycles. The summed E-state index contributed by atoms with van der Waals surface area (Å²) >= 11 is 0. The number of nitrogens with one attached hydrogen (secondary N) is 1. The first kappa shape index (κ1) is 13.5. The summed E-state index contributed by atoms with van der Waals surface area (Å²) in [6.45, 7) is 5.78. The minimum absolute atomic E-state index is 0.683. The number of aromatic nitrogens is 1. The highest BCUT2D eigenvalue weighted by Crippen LogP contribution is 2.20. The SMILES string of the molecule is CNCCCN(C)c1nc(C)cc(C)c1C#N. The Kier molecular flexibility index (Phi) is 4.92. The normalized spacial score (nSPS) is 10.1. The monoisotopic (exact) mass is 232 g/mol. The fourth-order valence-corrected chi connectivity index (χ4v) is 1.83. The number of aryl methyl sites for hydroxylation is 2. The van der Waals surface area contributed by atoms with E-state index in [-0.39, 0.29) is 0 Å². The van der Waals surface area contributed by atoms with E-state index in [9.17, 15) is 5.26 Å². The third-order valence-corrected chi connectivity index (χ3v) is 2.72. The molecule has 0 amide bonds. The molecule has 4 heteroatoms. The Morgan fingerprint density at radius 1 is 1.47 bits per heavy atom. The van der Waals surface area contributed by atoms with Gasteiger partial charge in [0.15, 0.2) is 0 Å². The van der Waals surface area contributed by atoms with Crippen molar-refractivity contribution in [3.05, 3.63) is 22.9 Å². The fraction of sp³-hybridized carbons (Fsp3) is 0.538. The molecular weight excluding hydrogens is 212 g/mol. The number of nitrogens with zero attached hydrogens (tertiary/aromatic N) is 3. The van der Waals surface area contributed by atoms with Crippen LogP contribution >= 0.6 is 0 Å². The zero-order valence-electron chi connectivity index (χ0n) is 11.0. The van der Waals surface area contributed by atoms with Gasteiger partial charge in [-0.3, -0.25) is 0 Å². The average molecular weight is 232 g/mol. The molecule has 0 bridgehead atoms. The molecule has 0 aliphatic rings. The van der Waals surface area contributed by atoms with Crippen LogP contribution in [0, 0.1) is 25.2 Å². The highest BCUT2D eigenvalue weighted by Gasteiger charge is 2.12. The van der Waals surface area contributed by atoms with E-state index in [0.29, 0.717) is 5.56 Å². The molecule has 1 aromatic rings. The minimum Gasteiger partial charge on any atom is -0.359 e. The number of pyridine rings is 1. The molecule has 1 N–H and O–H groups in total. The summed E-state index contributed by atoms with van der Waals surface area (Å²) < 4.78 is 0. The van der Waals surface area contributed by atoms with Gasteiger partial charge in [0, 0.05) is 19.3 Å². The van der Waals surface area contributed by atoms with Crippen molar-refractivity contribution in [2.75, 3.05) is 32.1 Å². The third kappa shape index (κ3) is 3.43. The van der Waals surface area contributed by atoms with Crippen molar-refractivity contribution in [2.45, 2.75) is 20.3 Å². The van der Waals surface area contributed by atoms with Gasteiger partial charge < -0.3 is 10.2 Å². The molecule has 1 rings (SSSR count). The van der Waals surface area contributed by atoms with E-state index in [0.717, 1.165) is 36.6 Å². The summed E-state index contributed by atoms with van der Waals surface area (Å²) in [5.74, 6) is 0.793. The van der Waals surface area contributed by atoms with Crippen LogP contribution in [0.5, 0.6) is 0 Å². The van der Waals surface area contributed by atoms with Crippen LogP contribution in [-0.2, 0) is 0 Å². The number of anilines is 1. The molecule has 0 spiro atoms. The third-order valence-electron chi connectivity index (χ3n) is 2.72. The van der Waals surface area contributed by atoms with Crippen LogP contribution in [0.4, 0.5) is 5.82 Å². The summed E-state index contributed by atoms with van der Waals surface area (Å²) in [4.78, 5) is 6.52. The highest BCUT2D eigenvalue weighted by atomic mass is 15.2. The second-order valence-corrected chi connectivity index (χ2v) is 4.27. The van der Waals surface area contributed by atoms with Gasteiger partial charge in [-0.2, -0.15) is 5.26 Å². The predicted octanol–water partition coefficient (Wildman–Crippen LogP) is 1.62. The Balaban J connectivity index is 2.92. The molecule has 0 atom stereocenters. The van der Waals surface area contributed by atoms with Gasteiger partial charge in [0.05, 0.1) is 5.56 Å². The summed E-state index contributed by atoms with van der Waals surface area (Å²) in [6, 6.07) is 4.19. The Morgan fingerprint density at radius 2 is 2.18 bits per heavy atom. The summed E-state index contributed by atoms with van der Waals surface area (Å²) in [5.41, 5.74) is 2.63. The topological polar surface area (TPSA) is 52.0 Å². The van der Waals surface area contributed by atoms with Gasteiger partial charge in [-0.1, -0.05) is 0 Å². The Hall–Kier alpha value is -1.60. The van der Waals surface area contributed by atoms with E-state index in [1.807, 2.05) is 34.0 Å². The van der Waals surface area contributed by atoms with E-state index >= 15 is 0 Å². The maximum atomic E-state index is 9.18. The Labute approximate surface area is 103 Å². The van der Waals surface area contributed by atoms with Gasteiger partial charge in [-0.05, 0) is 45.5 Å². The average Bonchev–Trinajstić information content (AvgIpc) is 2.28. The van der Waals surface area contributed by atoms with Crippen molar-refractivity contribution in [3.63, 3.8) is 0 Å². The first-order chi connectivity index (χ1) is 8.10. The van der Waals surface area contributed by atoms with Crippen molar-refractivity contribution in [1.29, 1.82) is 5.26 Å². The molecular formula is C13H20N4. The van der Waals surface area contributed by atoms with Gasteiger partial charge >= 0.3 is 0 Å². The largest absolute Gasteiger partial charge is 0.359 e. The van der Waals surface area contributed by atoms with Crippen LogP contribution in [0.1, 0.15) is 23.2 Å². The van der Waals surface area contributed by atoms with E-state index < -0.39 is 0 Å². The van der Waals surface area contributed by atoms with Crippen molar-refractivity contribution < 1.29 is 0 Å². The molecule has 1 heterocycles. The maximum Gasteiger partial charge on any atom is 0.146 e. The van der Waals surface area contributed by atoms with Crippen LogP contribution in [-0.4, -0.2) is 32.2 Å². The van der Waals surface area contributed by atoms with E-state index in [1.54, 1.807) is 0 Å². The Morgan fingerprint density at radius 3 is 2.76 bits per heavy atom. The lowest BCUT2D eigenvalue weighted by atomic mass is 10.1. The van der Waals surface area contributed by atoms with Crippen LogP contribution in [0.15, 0.2) is 6.07 Å². The zero-order chi connectivity index (χ0) is 12.8. The van der Waals surface area contributed by atoms with Crippen molar-refractivity contribution in [1.82, 2.24) is 10.3 Å². The van der Waals surface area contributed by atoms with E-state index in [4.69, 9.17) is 0 Å². The lowest BCUT2D eigenvalue weighted by Gasteiger charge is -2.20. The van der Waals surface area contributed by atoms with Gasteiger partial charge in [0.25, 0.3) is 0 Å². The summed E-state index contributed by atoms with van der Waals surface area (Å²) in [6.07, 6.45) is 1.03. The van der Waals surface area contributed by atoms with Gasteiger partial charge in [0.1, 0.15) is 11.9 Å². The second kappa shape index (κ2) is 6.21. The molecule has 0 aliphatic heterocycles. The molecule has 0 fully saturated rings. The smallest absolute Gasteiger partial charge is 0.146 e. The van der Waals surface area contributed by atoms with Crippen LogP contribution in [0.3, 0.4) is 0 Å². The van der Waals surface area contributed by atoms with Gasteiger partial charge in [-0.25, -0.2) is 4.98 Å². The molecule has 0 saturated carbocycles. The minimum atomic E-state index is 0.683. The molecule has 17 heavy (non-hydrogen) atoms. The molecule has 0 aliphatic carbocycles. The van der Waals surface area contributed by atoms with E-state index in [1.165, 1.54) is 0 Å². The first-order valence-corrected chi connectivity index (χ1v) is 5.84. The van der Waals surface area contributed by atoms with Gasteiger partial charge in [0.2, 0.25) is 0 Å². The number of hydrogen-bond acceptors (Lipinski definition) is 4. The number of hydrogen-bond donors (Lipinski definition) is 1. The quantitative estimate of drug-likeness (QED) is 0.784. The lowest BCUT2D eigenvalue weighted by Crippen LogP contribution is -2.24. The van der Waals surface area contributed by atoms with Gasteiger partial charge in [-0.15, -0.1) is 0 Å². The lowest BCUT2D eigenvalue weighted by molar-refractivity contribution is 0.708. The number of rotatable bonds is 5. The van der Waals surface area contributed by atoms with Crippen molar-refractivity contribution in [3.8, 4) is 6.07 Å². The molecule has 92 valence electrons. The number of nitriles is 1. The molecule has 4 nitrogen and oxygen atoms in total. The second-order valence-electron chi connectivity index (χ2n) is 4.27. The summed E-state index contributed by atoms with van der Waals surface area (Å²) in [7, 11) is 3.92. The standard InChI is InChI=1S/C13H20N4/c1-10-8-11(2)16-13(12(10)9-14)17(4)7-5-6-15-3/h8,15H,5-7H2,1-4H3. The predicted molar refractivity (Wildman–Crippen MR) is 70.2 cm³/mol. The van der Waals surface area contributed by atoms with Crippen LogP contribution < -0.4 is 10.2 Å². The van der Waals surface area contributed by atoms with Crippen LogP contribution in [0.25, 0.3) is 0 Å².